The van der Waals surface area contributed by atoms with Gasteiger partial charge in [0, 0.05) is 43.9 Å². The average molecular weight is 453 g/mol. The Bertz CT molecular complexity index is 1220. The number of aromatic nitrogens is 2. The number of amides is 1. The van der Waals surface area contributed by atoms with Crippen LogP contribution in [-0.2, 0) is 4.79 Å². The van der Waals surface area contributed by atoms with Crippen molar-refractivity contribution in [3.8, 4) is 17.2 Å². The molecule has 0 atom stereocenters. The highest BCUT2D eigenvalue weighted by Crippen LogP contribution is 2.40. The molecule has 9 heteroatoms. The summed E-state index contributed by atoms with van der Waals surface area (Å²) in [5.41, 5.74) is 3.85. The zero-order chi connectivity index (χ0) is 23.4. The summed E-state index contributed by atoms with van der Waals surface area (Å²) < 4.78 is 16.5. The lowest BCUT2D eigenvalue weighted by molar-refractivity contribution is -0.116. The van der Waals surface area contributed by atoms with Crippen LogP contribution in [0.1, 0.15) is 18.4 Å². The standard InChI is InChI=1S/C24H28N4O5/c1-31-17-13-20(32-2)23(21(14-17)33-3)15-6-9-28(10-7-15)11-8-22(29)25-16-4-5-18-19(12-16)27-24(30)26-18/h4-6,12-14H,7-11H2,1-3H3,(H,25,29)(H2,26,27,30). The smallest absolute Gasteiger partial charge is 0.323 e. The maximum atomic E-state index is 12.4. The van der Waals surface area contributed by atoms with Crippen molar-refractivity contribution < 1.29 is 19.0 Å². The molecular weight excluding hydrogens is 424 g/mol. The molecule has 3 N–H and O–H groups in total. The van der Waals surface area contributed by atoms with E-state index in [1.54, 1.807) is 39.5 Å². The first-order valence-corrected chi connectivity index (χ1v) is 10.7. The average Bonchev–Trinajstić information content (AvgIpc) is 3.21. The highest BCUT2D eigenvalue weighted by Gasteiger charge is 2.21. The number of hydrogen-bond donors (Lipinski definition) is 3. The summed E-state index contributed by atoms with van der Waals surface area (Å²) in [7, 11) is 4.88. The predicted octanol–water partition coefficient (Wildman–Crippen LogP) is 3.00. The Hall–Kier alpha value is -3.72. The number of carbonyl (C=O) groups excluding carboxylic acids is 1. The highest BCUT2D eigenvalue weighted by atomic mass is 16.5. The van der Waals surface area contributed by atoms with Gasteiger partial charge in [-0.25, -0.2) is 4.79 Å². The second-order valence-corrected chi connectivity index (χ2v) is 7.82. The number of nitrogens with zero attached hydrogens (tertiary/aromatic N) is 1. The molecule has 9 nitrogen and oxygen atoms in total. The fraction of sp³-hybridized carbons (Fsp3) is 0.333. The van der Waals surface area contributed by atoms with Crippen LogP contribution >= 0.6 is 0 Å². The highest BCUT2D eigenvalue weighted by molar-refractivity contribution is 5.93. The number of ether oxygens (including phenoxy) is 3. The lowest BCUT2D eigenvalue weighted by Crippen LogP contribution is -2.31. The van der Waals surface area contributed by atoms with Crippen molar-refractivity contribution >= 4 is 28.2 Å². The predicted molar refractivity (Wildman–Crippen MR) is 127 cm³/mol. The van der Waals surface area contributed by atoms with Crippen LogP contribution in [0.5, 0.6) is 17.2 Å². The number of fused-ring (bicyclic) bond motifs is 1. The van der Waals surface area contributed by atoms with Crippen LogP contribution < -0.4 is 25.2 Å². The van der Waals surface area contributed by atoms with Crippen LogP contribution in [0.4, 0.5) is 5.69 Å². The van der Waals surface area contributed by atoms with Gasteiger partial charge in [0.2, 0.25) is 5.91 Å². The molecule has 33 heavy (non-hydrogen) atoms. The molecule has 0 aliphatic carbocycles. The molecule has 174 valence electrons. The second kappa shape index (κ2) is 9.83. The summed E-state index contributed by atoms with van der Waals surface area (Å²) in [6.45, 7) is 2.21. The molecule has 1 amide bonds. The van der Waals surface area contributed by atoms with Crippen LogP contribution in [0, 0.1) is 0 Å². The number of carbonyl (C=O) groups is 1. The Morgan fingerprint density at radius 3 is 2.39 bits per heavy atom. The molecule has 1 aliphatic rings. The number of anilines is 1. The molecule has 0 fully saturated rings. The SMILES string of the molecule is COc1cc(OC)c(C2=CCN(CCC(=O)Nc3ccc4[nH]c(=O)[nH]c4c3)CC2)c(OC)c1. The monoisotopic (exact) mass is 452 g/mol. The molecule has 0 bridgehead atoms. The van der Waals surface area contributed by atoms with Gasteiger partial charge >= 0.3 is 5.69 Å². The van der Waals surface area contributed by atoms with Gasteiger partial charge in [-0.05, 0) is 30.2 Å². The lowest BCUT2D eigenvalue weighted by Gasteiger charge is -2.27. The first kappa shape index (κ1) is 22.5. The number of methoxy groups -OCH3 is 3. The maximum absolute atomic E-state index is 12.4. The summed E-state index contributed by atoms with van der Waals surface area (Å²) in [6.07, 6.45) is 3.35. The van der Waals surface area contributed by atoms with Crippen molar-refractivity contribution in [2.45, 2.75) is 12.8 Å². The van der Waals surface area contributed by atoms with Gasteiger partial charge in [-0.2, -0.15) is 0 Å². The van der Waals surface area contributed by atoms with Crippen molar-refractivity contribution in [1.29, 1.82) is 0 Å². The Morgan fingerprint density at radius 2 is 1.76 bits per heavy atom. The molecule has 0 saturated heterocycles. The van der Waals surface area contributed by atoms with Crippen molar-refractivity contribution in [2.75, 3.05) is 46.3 Å². The van der Waals surface area contributed by atoms with E-state index in [4.69, 9.17) is 14.2 Å². The number of benzene rings is 2. The van der Waals surface area contributed by atoms with Gasteiger partial charge in [0.25, 0.3) is 0 Å². The molecule has 1 aliphatic heterocycles. The Morgan fingerprint density at radius 1 is 1.03 bits per heavy atom. The molecule has 0 saturated carbocycles. The van der Waals surface area contributed by atoms with E-state index in [1.165, 1.54) is 0 Å². The lowest BCUT2D eigenvalue weighted by atomic mass is 9.97. The molecule has 2 heterocycles. The minimum atomic E-state index is -0.268. The van der Waals surface area contributed by atoms with Crippen LogP contribution in [0.15, 0.2) is 41.2 Å². The van der Waals surface area contributed by atoms with Crippen LogP contribution in [0.3, 0.4) is 0 Å². The quantitative estimate of drug-likeness (QED) is 0.485. The first-order chi connectivity index (χ1) is 16.0. The van der Waals surface area contributed by atoms with E-state index in [1.807, 2.05) is 12.1 Å². The molecule has 0 radical (unpaired) electrons. The molecule has 1 aromatic heterocycles. The Balaban J connectivity index is 1.36. The first-order valence-electron chi connectivity index (χ1n) is 10.7. The van der Waals surface area contributed by atoms with E-state index in [0.717, 1.165) is 30.6 Å². The zero-order valence-electron chi connectivity index (χ0n) is 19.0. The summed E-state index contributed by atoms with van der Waals surface area (Å²) >= 11 is 0. The number of imidazole rings is 1. The Labute approximate surface area is 191 Å². The number of rotatable bonds is 8. The molecule has 0 unspecified atom stereocenters. The summed E-state index contributed by atoms with van der Waals surface area (Å²) in [4.78, 5) is 31.4. The van der Waals surface area contributed by atoms with Gasteiger partial charge in [-0.3, -0.25) is 9.69 Å². The van der Waals surface area contributed by atoms with Crippen molar-refractivity contribution in [3.05, 3.63) is 52.5 Å². The van der Waals surface area contributed by atoms with E-state index >= 15 is 0 Å². The Kier molecular flexibility index (Phi) is 6.69. The van der Waals surface area contributed by atoms with Gasteiger partial charge in [-0.15, -0.1) is 0 Å². The molecular formula is C24H28N4O5. The zero-order valence-corrected chi connectivity index (χ0v) is 19.0. The molecule has 4 rings (SSSR count). The van der Waals surface area contributed by atoms with E-state index < -0.39 is 0 Å². The maximum Gasteiger partial charge on any atom is 0.323 e. The molecule has 3 aromatic rings. The van der Waals surface area contributed by atoms with E-state index in [0.29, 0.717) is 46.9 Å². The third-order valence-corrected chi connectivity index (χ3v) is 5.78. The summed E-state index contributed by atoms with van der Waals surface area (Å²) in [6, 6.07) is 9.00. The second-order valence-electron chi connectivity index (χ2n) is 7.82. The van der Waals surface area contributed by atoms with Crippen molar-refractivity contribution in [2.24, 2.45) is 0 Å². The number of hydrogen-bond acceptors (Lipinski definition) is 6. The minimum Gasteiger partial charge on any atom is -0.496 e. The van der Waals surface area contributed by atoms with Gasteiger partial charge in [-0.1, -0.05) is 6.08 Å². The van der Waals surface area contributed by atoms with E-state index in [-0.39, 0.29) is 11.6 Å². The van der Waals surface area contributed by atoms with Crippen LogP contribution in [0.2, 0.25) is 0 Å². The van der Waals surface area contributed by atoms with Gasteiger partial charge in [0.1, 0.15) is 17.2 Å². The largest absolute Gasteiger partial charge is 0.496 e. The topological polar surface area (TPSA) is 109 Å². The number of nitrogens with one attached hydrogen (secondary N) is 3. The normalized spacial score (nSPS) is 14.1. The van der Waals surface area contributed by atoms with E-state index in [2.05, 4.69) is 26.3 Å². The summed E-state index contributed by atoms with van der Waals surface area (Å²) in [5.74, 6) is 2.04. The fourth-order valence-corrected chi connectivity index (χ4v) is 4.06. The summed E-state index contributed by atoms with van der Waals surface area (Å²) in [5, 5.41) is 2.90. The minimum absolute atomic E-state index is 0.0690. The van der Waals surface area contributed by atoms with Crippen molar-refractivity contribution in [3.63, 3.8) is 0 Å². The fourth-order valence-electron chi connectivity index (χ4n) is 4.06. The van der Waals surface area contributed by atoms with E-state index in [9.17, 15) is 9.59 Å². The van der Waals surface area contributed by atoms with Gasteiger partial charge in [0.15, 0.2) is 0 Å². The van der Waals surface area contributed by atoms with Crippen LogP contribution in [0.25, 0.3) is 16.6 Å². The molecule has 0 spiro atoms. The van der Waals surface area contributed by atoms with Gasteiger partial charge < -0.3 is 29.5 Å². The molecule has 2 aromatic carbocycles. The van der Waals surface area contributed by atoms with Crippen molar-refractivity contribution in [1.82, 2.24) is 14.9 Å². The number of H-pyrrole nitrogens is 2. The van der Waals surface area contributed by atoms with Gasteiger partial charge in [0.05, 0.1) is 37.9 Å². The third-order valence-electron chi connectivity index (χ3n) is 5.78. The van der Waals surface area contributed by atoms with Crippen LogP contribution in [-0.4, -0.2) is 61.7 Å². The number of aromatic amines is 2. The third kappa shape index (κ3) is 5.04.